The fraction of sp³-hybridized carbons (Fsp3) is 0.294. The van der Waals surface area contributed by atoms with Crippen LogP contribution in [0.25, 0.3) is 6.08 Å². The molecule has 2 aromatic rings. The molecule has 124 valence electrons. The van der Waals surface area contributed by atoms with Gasteiger partial charge < -0.3 is 4.74 Å². The second-order valence-electron chi connectivity index (χ2n) is 5.96. The Bertz CT molecular complexity index is 888. The number of nitrogens with zero attached hydrogens (tertiary/aromatic N) is 2. The maximum Gasteiger partial charge on any atom is 0.258 e. The van der Waals surface area contributed by atoms with Crippen LogP contribution in [0.2, 0.25) is 0 Å². The van der Waals surface area contributed by atoms with Gasteiger partial charge in [0.1, 0.15) is 11.6 Å². The van der Waals surface area contributed by atoms with Crippen molar-refractivity contribution in [1.82, 2.24) is 9.97 Å². The van der Waals surface area contributed by atoms with Gasteiger partial charge in [-0.2, -0.15) is 0 Å². The smallest absolute Gasteiger partial charge is 0.258 e. The summed E-state index contributed by atoms with van der Waals surface area (Å²) in [6, 6.07) is 7.39. The Morgan fingerprint density at radius 1 is 1.12 bits per heavy atom. The topological polar surface area (TPSA) is 81.2 Å². The molecule has 1 aliphatic carbocycles. The first-order chi connectivity index (χ1) is 11.6. The Morgan fingerprint density at radius 2 is 1.88 bits per heavy atom. The molecule has 1 aromatic heterocycles. The van der Waals surface area contributed by atoms with Gasteiger partial charge in [0.25, 0.3) is 10.0 Å². The van der Waals surface area contributed by atoms with E-state index in [0.717, 1.165) is 24.2 Å². The lowest BCUT2D eigenvalue weighted by molar-refractivity contribution is 0.325. The zero-order chi connectivity index (χ0) is 16.6. The summed E-state index contributed by atoms with van der Waals surface area (Å²) in [4.78, 5) is 8.77. The van der Waals surface area contributed by atoms with E-state index in [1.165, 1.54) is 12.4 Å². The highest BCUT2D eigenvalue weighted by Gasteiger charge is 2.26. The van der Waals surface area contributed by atoms with Crippen molar-refractivity contribution in [2.45, 2.75) is 25.2 Å². The largest absolute Gasteiger partial charge is 0.493 e. The molecule has 0 saturated heterocycles. The number of anilines is 1. The molecule has 1 N–H and O–H groups in total. The molecule has 24 heavy (non-hydrogen) atoms. The van der Waals surface area contributed by atoms with Crippen molar-refractivity contribution in [1.29, 1.82) is 0 Å². The maximum absolute atomic E-state index is 12.7. The van der Waals surface area contributed by atoms with E-state index in [2.05, 4.69) is 14.7 Å². The maximum atomic E-state index is 12.7. The molecule has 1 fully saturated rings. The Hall–Kier alpha value is -2.41. The third-order valence-corrected chi connectivity index (χ3v) is 5.57. The van der Waals surface area contributed by atoms with Gasteiger partial charge in [0, 0.05) is 17.9 Å². The van der Waals surface area contributed by atoms with Gasteiger partial charge in [0.15, 0.2) is 0 Å². The number of fused-ring (bicyclic) bond motifs is 1. The van der Waals surface area contributed by atoms with E-state index in [1.54, 1.807) is 6.08 Å². The van der Waals surface area contributed by atoms with Crippen molar-refractivity contribution in [2.75, 3.05) is 11.3 Å². The Kier molecular flexibility index (Phi) is 3.72. The number of aromatic nitrogens is 2. The Morgan fingerprint density at radius 3 is 2.62 bits per heavy atom. The minimum Gasteiger partial charge on any atom is -0.493 e. The second-order valence-corrected chi connectivity index (χ2v) is 7.69. The average molecular weight is 343 g/mol. The number of nitrogens with one attached hydrogen (secondary N) is 1. The lowest BCUT2D eigenvalue weighted by Gasteiger charge is -2.10. The van der Waals surface area contributed by atoms with Crippen molar-refractivity contribution in [3.05, 3.63) is 53.0 Å². The van der Waals surface area contributed by atoms with Crippen LogP contribution in [0.3, 0.4) is 0 Å². The van der Waals surface area contributed by atoms with Crippen LogP contribution in [0, 0.1) is 0 Å². The van der Waals surface area contributed by atoms with Crippen molar-refractivity contribution in [3.8, 4) is 5.75 Å². The van der Waals surface area contributed by atoms with Gasteiger partial charge in [-0.25, -0.2) is 18.4 Å². The first-order valence-corrected chi connectivity index (χ1v) is 9.37. The SMILES string of the molecule is O=S(=O)(Nc1cnc(C2CC2)nc1)C1=Cc2ccccc2OCC1. The van der Waals surface area contributed by atoms with E-state index in [-0.39, 0.29) is 0 Å². The highest BCUT2D eigenvalue weighted by molar-refractivity contribution is 7.96. The zero-order valence-corrected chi connectivity index (χ0v) is 13.8. The summed E-state index contributed by atoms with van der Waals surface area (Å²) < 4.78 is 33.5. The molecule has 0 radical (unpaired) electrons. The number of hydrogen-bond donors (Lipinski definition) is 1. The molecule has 0 atom stereocenters. The van der Waals surface area contributed by atoms with Crippen LogP contribution in [0.1, 0.15) is 36.6 Å². The summed E-state index contributed by atoms with van der Waals surface area (Å²) in [6.45, 7) is 0.320. The number of rotatable bonds is 4. The van der Waals surface area contributed by atoms with Crippen molar-refractivity contribution < 1.29 is 13.2 Å². The van der Waals surface area contributed by atoms with Crippen LogP contribution in [-0.4, -0.2) is 25.0 Å². The molecule has 0 amide bonds. The monoisotopic (exact) mass is 343 g/mol. The molecule has 0 spiro atoms. The molecule has 6 nitrogen and oxygen atoms in total. The number of ether oxygens (including phenoxy) is 1. The van der Waals surface area contributed by atoms with E-state index in [9.17, 15) is 8.42 Å². The van der Waals surface area contributed by atoms with Crippen molar-refractivity contribution >= 4 is 21.8 Å². The van der Waals surface area contributed by atoms with Crippen LogP contribution < -0.4 is 9.46 Å². The summed E-state index contributed by atoms with van der Waals surface area (Å²) in [5.41, 5.74) is 1.13. The van der Waals surface area contributed by atoms with Crippen LogP contribution >= 0.6 is 0 Å². The van der Waals surface area contributed by atoms with Gasteiger partial charge in [-0.1, -0.05) is 18.2 Å². The number of para-hydroxylation sites is 1. The molecule has 4 rings (SSSR count). The summed E-state index contributed by atoms with van der Waals surface area (Å²) >= 11 is 0. The molecule has 7 heteroatoms. The van der Waals surface area contributed by atoms with Crippen LogP contribution in [0.4, 0.5) is 5.69 Å². The molecule has 1 saturated carbocycles. The standard InChI is InChI=1S/C17H17N3O3S/c21-24(22,20-14-10-18-17(19-11-14)12-5-6-12)15-7-8-23-16-4-2-1-3-13(16)9-15/h1-4,9-12,20H,5-8H2. The molecule has 2 aliphatic rings. The molecule has 2 heterocycles. The Labute approximate surface area is 140 Å². The van der Waals surface area contributed by atoms with Gasteiger partial charge >= 0.3 is 0 Å². The van der Waals surface area contributed by atoms with Crippen LogP contribution in [-0.2, 0) is 10.0 Å². The average Bonchev–Trinajstić information content (AvgIpc) is 3.41. The molecule has 0 bridgehead atoms. The van der Waals surface area contributed by atoms with E-state index in [0.29, 0.717) is 35.3 Å². The van der Waals surface area contributed by atoms with E-state index < -0.39 is 10.0 Å². The van der Waals surface area contributed by atoms with E-state index in [4.69, 9.17) is 4.74 Å². The zero-order valence-electron chi connectivity index (χ0n) is 13.0. The molecular weight excluding hydrogens is 326 g/mol. The molecular formula is C17H17N3O3S. The number of sulfonamides is 1. The third kappa shape index (κ3) is 3.12. The van der Waals surface area contributed by atoms with Gasteiger partial charge in [-0.05, 0) is 25.0 Å². The summed E-state index contributed by atoms with van der Waals surface area (Å²) in [7, 11) is -3.67. The lowest BCUT2D eigenvalue weighted by Crippen LogP contribution is -2.16. The van der Waals surface area contributed by atoms with Crippen molar-refractivity contribution in [2.24, 2.45) is 0 Å². The van der Waals surface area contributed by atoms with Gasteiger partial charge in [0.05, 0.1) is 29.6 Å². The first-order valence-electron chi connectivity index (χ1n) is 7.89. The highest BCUT2D eigenvalue weighted by Crippen LogP contribution is 2.37. The van der Waals surface area contributed by atoms with Gasteiger partial charge in [-0.15, -0.1) is 0 Å². The minimum atomic E-state index is -3.67. The van der Waals surface area contributed by atoms with Crippen molar-refractivity contribution in [3.63, 3.8) is 0 Å². The fourth-order valence-corrected chi connectivity index (χ4v) is 3.80. The summed E-state index contributed by atoms with van der Waals surface area (Å²) in [5.74, 6) is 1.92. The molecule has 0 unspecified atom stereocenters. The number of benzene rings is 1. The molecule has 1 aliphatic heterocycles. The van der Waals surface area contributed by atoms with Crippen LogP contribution in [0.5, 0.6) is 5.75 Å². The minimum absolute atomic E-state index is 0.290. The third-order valence-electron chi connectivity index (χ3n) is 4.05. The predicted octanol–water partition coefficient (Wildman–Crippen LogP) is 2.92. The highest BCUT2D eigenvalue weighted by atomic mass is 32.2. The Balaban J connectivity index is 1.58. The lowest BCUT2D eigenvalue weighted by atomic mass is 10.2. The first kappa shape index (κ1) is 15.1. The fourth-order valence-electron chi connectivity index (χ4n) is 2.61. The van der Waals surface area contributed by atoms with E-state index in [1.807, 2.05) is 24.3 Å². The predicted molar refractivity (Wildman–Crippen MR) is 91.1 cm³/mol. The quantitative estimate of drug-likeness (QED) is 0.923. The van der Waals surface area contributed by atoms with Gasteiger partial charge in [-0.3, -0.25) is 4.72 Å². The summed E-state index contributed by atoms with van der Waals surface area (Å²) in [5, 5.41) is 0. The summed E-state index contributed by atoms with van der Waals surface area (Å²) in [6.07, 6.45) is 7.24. The van der Waals surface area contributed by atoms with E-state index >= 15 is 0 Å². The second kappa shape index (κ2) is 5.90. The molecule has 1 aromatic carbocycles. The van der Waals surface area contributed by atoms with Crippen LogP contribution in [0.15, 0.2) is 41.6 Å². The van der Waals surface area contributed by atoms with Gasteiger partial charge in [0.2, 0.25) is 0 Å². The normalized spacial score (nSPS) is 17.2. The number of hydrogen-bond acceptors (Lipinski definition) is 5.